The fourth-order valence-corrected chi connectivity index (χ4v) is 1.50. The fourth-order valence-electron chi connectivity index (χ4n) is 1.04. The van der Waals surface area contributed by atoms with Crippen LogP contribution in [0, 0.1) is 0 Å². The molecule has 8 nitrogen and oxygen atoms in total. The Kier molecular flexibility index (Phi) is 11.1. The summed E-state index contributed by atoms with van der Waals surface area (Å²) in [5.41, 5.74) is 0.0380. The van der Waals surface area contributed by atoms with Crippen LogP contribution in [-0.2, 0) is 19.7 Å². The minimum atomic E-state index is -3.74. The van der Waals surface area contributed by atoms with Crippen molar-refractivity contribution in [3.63, 3.8) is 0 Å². The number of aliphatic carboxylic acids is 1. The van der Waals surface area contributed by atoms with Crippen LogP contribution in [-0.4, -0.2) is 31.7 Å². The first-order valence-electron chi connectivity index (χ1n) is 5.59. The van der Waals surface area contributed by atoms with Gasteiger partial charge in [-0.1, -0.05) is 19.2 Å². The molecule has 0 saturated carbocycles. The van der Waals surface area contributed by atoms with Crippen molar-refractivity contribution >= 4 is 27.7 Å². The summed E-state index contributed by atoms with van der Waals surface area (Å²) in [6.07, 6.45) is 2.59. The summed E-state index contributed by atoms with van der Waals surface area (Å²) in [7, 11) is -3.74. The molecular formula is C13H14NNaO7S. The molecule has 0 saturated heterocycles. The van der Waals surface area contributed by atoms with E-state index in [9.17, 15) is 18.3 Å². The third-order valence-corrected chi connectivity index (χ3v) is 2.33. The van der Waals surface area contributed by atoms with E-state index >= 15 is 0 Å². The van der Waals surface area contributed by atoms with Crippen LogP contribution in [0.1, 0.15) is 0 Å². The Hall–Kier alpha value is -1.81. The molecule has 23 heavy (non-hydrogen) atoms. The van der Waals surface area contributed by atoms with Crippen LogP contribution in [0.15, 0.2) is 43.5 Å². The number of para-hydroxylation sites is 1. The van der Waals surface area contributed by atoms with Gasteiger partial charge in [0.2, 0.25) is 5.91 Å². The summed E-state index contributed by atoms with van der Waals surface area (Å²) in [4.78, 5) is 20.2. The molecule has 1 rings (SSSR count). The quantitative estimate of drug-likeness (QED) is 0.247. The van der Waals surface area contributed by atoms with E-state index in [1.165, 1.54) is 18.2 Å². The number of rotatable bonds is 5. The first-order valence-corrected chi connectivity index (χ1v) is 7.40. The number of phenolic OH excluding ortho intramolecular Hbond substituents is 1. The summed E-state index contributed by atoms with van der Waals surface area (Å²) in [5, 5.41) is 21.1. The van der Waals surface area contributed by atoms with Gasteiger partial charge < -0.3 is 24.5 Å². The predicted octanol–water partition coefficient (Wildman–Crippen LogP) is -3.22. The van der Waals surface area contributed by atoms with Crippen molar-refractivity contribution in [1.82, 2.24) is 0 Å². The standard InChI is InChI=1S/C10H11NO5S.C3H4O2.Na/c1-3-9(12)11-7-5-4-6-8(10(7)13)16-17(2,14)15;1-2-3(4)5;/h3-6,13H,1H2,2H3,(H,11,12);2H,1H2,(H,4,5);/q;;+1/p-1. The number of carboxylic acids is 1. The second kappa shape index (κ2) is 10.8. The first-order chi connectivity index (χ1) is 10.1. The van der Waals surface area contributed by atoms with Gasteiger partial charge in [-0.25, -0.2) is 0 Å². The molecule has 0 unspecified atom stereocenters. The number of aromatic hydroxyl groups is 1. The molecule has 2 N–H and O–H groups in total. The van der Waals surface area contributed by atoms with Gasteiger partial charge in [0.05, 0.1) is 17.9 Å². The van der Waals surface area contributed by atoms with Gasteiger partial charge in [-0.2, -0.15) is 8.42 Å². The molecule has 0 aliphatic heterocycles. The summed E-state index contributed by atoms with van der Waals surface area (Å²) in [6.45, 7) is 6.15. The van der Waals surface area contributed by atoms with Crippen LogP contribution in [0.2, 0.25) is 0 Å². The number of amides is 1. The molecule has 0 bridgehead atoms. The summed E-state index contributed by atoms with van der Waals surface area (Å²) < 4.78 is 26.3. The van der Waals surface area contributed by atoms with Gasteiger partial charge in [0, 0.05) is 0 Å². The van der Waals surface area contributed by atoms with Crippen LogP contribution in [0.4, 0.5) is 5.69 Å². The Bertz CT molecular complexity index is 686. The first kappa shape index (κ1) is 23.5. The van der Waals surface area contributed by atoms with E-state index in [4.69, 9.17) is 9.90 Å². The number of anilines is 1. The summed E-state index contributed by atoms with van der Waals surface area (Å²) >= 11 is 0. The molecule has 1 aromatic carbocycles. The van der Waals surface area contributed by atoms with Crippen LogP contribution in [0.3, 0.4) is 0 Å². The van der Waals surface area contributed by atoms with Crippen molar-refractivity contribution < 1.29 is 62.0 Å². The van der Waals surface area contributed by atoms with E-state index in [-0.39, 0.29) is 41.0 Å². The Morgan fingerprint density at radius 2 is 1.83 bits per heavy atom. The zero-order valence-corrected chi connectivity index (χ0v) is 15.4. The molecule has 0 aliphatic carbocycles. The predicted molar refractivity (Wildman–Crippen MR) is 77.6 cm³/mol. The van der Waals surface area contributed by atoms with E-state index in [2.05, 4.69) is 22.7 Å². The number of carbonyl (C=O) groups is 2. The molecule has 0 aromatic heterocycles. The Balaban J connectivity index is 0. The number of nitrogens with one attached hydrogen (secondary N) is 1. The van der Waals surface area contributed by atoms with E-state index in [1.54, 1.807) is 0 Å². The molecule has 0 aliphatic rings. The SMILES string of the molecule is C=CC(=O)Nc1cccc(OS(C)(=O)=O)c1O.C=CC(=O)[O-].[Na+]. The van der Waals surface area contributed by atoms with E-state index < -0.39 is 27.7 Å². The van der Waals surface area contributed by atoms with Crippen molar-refractivity contribution in [2.45, 2.75) is 0 Å². The third-order valence-electron chi connectivity index (χ3n) is 1.85. The maximum absolute atomic E-state index is 11.0. The van der Waals surface area contributed by atoms with Gasteiger partial charge in [0.15, 0.2) is 11.5 Å². The molecule has 0 atom stereocenters. The zero-order chi connectivity index (χ0) is 17.3. The normalized spacial score (nSPS) is 9.26. The second-order valence-electron chi connectivity index (χ2n) is 3.66. The number of phenols is 1. The molecule has 0 fully saturated rings. The second-order valence-corrected chi connectivity index (χ2v) is 5.23. The molecule has 0 heterocycles. The maximum atomic E-state index is 11.0. The number of carbonyl (C=O) groups excluding carboxylic acids is 2. The van der Waals surface area contributed by atoms with Crippen LogP contribution < -0.4 is 44.2 Å². The molecule has 0 radical (unpaired) electrons. The van der Waals surface area contributed by atoms with E-state index in [0.29, 0.717) is 0 Å². The van der Waals surface area contributed by atoms with Gasteiger partial charge in [0.25, 0.3) is 0 Å². The summed E-state index contributed by atoms with van der Waals surface area (Å²) in [6, 6.07) is 4.09. The van der Waals surface area contributed by atoms with Crippen LogP contribution >= 0.6 is 0 Å². The summed E-state index contributed by atoms with van der Waals surface area (Å²) in [5.74, 6) is -2.48. The number of hydrogen-bond donors (Lipinski definition) is 2. The molecule has 0 spiro atoms. The number of carboxylic acid groups (broad SMARTS) is 1. The van der Waals surface area contributed by atoms with Gasteiger partial charge >= 0.3 is 39.7 Å². The third kappa shape index (κ3) is 10.5. The molecule has 1 amide bonds. The van der Waals surface area contributed by atoms with Crippen molar-refractivity contribution in [2.75, 3.05) is 11.6 Å². The van der Waals surface area contributed by atoms with E-state index in [0.717, 1.165) is 18.4 Å². The van der Waals surface area contributed by atoms with Crippen molar-refractivity contribution in [3.05, 3.63) is 43.5 Å². The minimum Gasteiger partial charge on any atom is -0.545 e. The molecular weight excluding hydrogens is 337 g/mol. The Labute approximate surface area is 155 Å². The minimum absolute atomic E-state index is 0. The van der Waals surface area contributed by atoms with Crippen molar-refractivity contribution in [1.29, 1.82) is 0 Å². The maximum Gasteiger partial charge on any atom is 1.00 e. The zero-order valence-electron chi connectivity index (χ0n) is 12.6. The number of hydrogen-bond acceptors (Lipinski definition) is 7. The van der Waals surface area contributed by atoms with Crippen molar-refractivity contribution in [2.24, 2.45) is 0 Å². The average molecular weight is 351 g/mol. The van der Waals surface area contributed by atoms with Gasteiger partial charge in [-0.05, 0) is 24.3 Å². The van der Waals surface area contributed by atoms with Crippen LogP contribution in [0.5, 0.6) is 11.5 Å². The number of benzene rings is 1. The fraction of sp³-hybridized carbons (Fsp3) is 0.0769. The topological polar surface area (TPSA) is 133 Å². The van der Waals surface area contributed by atoms with Gasteiger partial charge in [-0.3, -0.25) is 4.79 Å². The monoisotopic (exact) mass is 351 g/mol. The van der Waals surface area contributed by atoms with Gasteiger partial charge in [-0.15, -0.1) is 0 Å². The van der Waals surface area contributed by atoms with Gasteiger partial charge in [0.1, 0.15) is 0 Å². The van der Waals surface area contributed by atoms with Crippen molar-refractivity contribution in [3.8, 4) is 11.5 Å². The average Bonchev–Trinajstić information content (AvgIpc) is 2.42. The largest absolute Gasteiger partial charge is 1.00 e. The molecule has 10 heteroatoms. The molecule has 1 aromatic rings. The molecule has 120 valence electrons. The smallest absolute Gasteiger partial charge is 0.545 e. The Morgan fingerprint density at radius 3 is 2.22 bits per heavy atom. The van der Waals surface area contributed by atoms with Crippen LogP contribution in [0.25, 0.3) is 0 Å². The Morgan fingerprint density at radius 1 is 1.30 bits per heavy atom. The van der Waals surface area contributed by atoms with E-state index in [1.807, 2.05) is 0 Å².